The van der Waals surface area contributed by atoms with Gasteiger partial charge in [-0.25, -0.2) is 0 Å². The fourth-order valence-corrected chi connectivity index (χ4v) is 5.94. The van der Waals surface area contributed by atoms with E-state index >= 15 is 0 Å². The Bertz CT molecular complexity index is 1280. The van der Waals surface area contributed by atoms with Gasteiger partial charge in [0.1, 0.15) is 0 Å². The van der Waals surface area contributed by atoms with Crippen molar-refractivity contribution in [3.8, 4) is 11.1 Å². The summed E-state index contributed by atoms with van der Waals surface area (Å²) in [5.74, 6) is 0. The first kappa shape index (κ1) is 22.2. The van der Waals surface area contributed by atoms with Gasteiger partial charge in [-0.15, -0.1) is 0 Å². The van der Waals surface area contributed by atoms with Crippen molar-refractivity contribution in [2.24, 2.45) is 5.41 Å². The van der Waals surface area contributed by atoms with E-state index in [-0.39, 0.29) is 16.9 Å². The summed E-state index contributed by atoms with van der Waals surface area (Å²) in [4.78, 5) is 3.63. The number of benzene rings is 3. The van der Waals surface area contributed by atoms with E-state index in [0.717, 1.165) is 19.4 Å². The van der Waals surface area contributed by atoms with Crippen LogP contribution in [0.15, 0.2) is 60.7 Å². The van der Waals surface area contributed by atoms with Gasteiger partial charge in [0.15, 0.2) is 0 Å². The van der Waals surface area contributed by atoms with Gasteiger partial charge in [0.2, 0.25) is 0 Å². The normalized spacial score (nSPS) is 17.7. The molecule has 1 aliphatic rings. The van der Waals surface area contributed by atoms with E-state index in [2.05, 4.69) is 100 Å². The third-order valence-electron chi connectivity index (χ3n) is 7.15. The largest absolute Gasteiger partial charge is 0.374 e. The molecule has 172 valence electrons. The highest BCUT2D eigenvalue weighted by atomic mass is 16.5. The molecule has 5 rings (SSSR count). The Labute approximate surface area is 198 Å². The van der Waals surface area contributed by atoms with Crippen LogP contribution in [0.4, 0.5) is 0 Å². The van der Waals surface area contributed by atoms with Crippen LogP contribution < -0.4 is 0 Å². The zero-order valence-corrected chi connectivity index (χ0v) is 20.8. The van der Waals surface area contributed by atoms with E-state index in [9.17, 15) is 0 Å². The molecule has 0 amide bonds. The van der Waals surface area contributed by atoms with E-state index in [4.69, 9.17) is 4.74 Å². The number of para-hydroxylation sites is 1. The highest BCUT2D eigenvalue weighted by Crippen LogP contribution is 2.42. The molecular weight excluding hydrogens is 402 g/mol. The minimum atomic E-state index is 0.101. The minimum Gasteiger partial charge on any atom is -0.374 e. The van der Waals surface area contributed by atoms with E-state index < -0.39 is 0 Å². The Hall–Kier alpha value is -2.58. The van der Waals surface area contributed by atoms with Crippen molar-refractivity contribution >= 4 is 21.8 Å². The molecule has 1 fully saturated rings. The molecule has 0 spiro atoms. The van der Waals surface area contributed by atoms with Gasteiger partial charge in [-0.05, 0) is 70.9 Å². The van der Waals surface area contributed by atoms with Crippen LogP contribution in [0.25, 0.3) is 32.9 Å². The summed E-state index contributed by atoms with van der Waals surface area (Å²) in [6, 6.07) is 22.6. The molecule has 1 unspecified atom stereocenters. The van der Waals surface area contributed by atoms with E-state index in [1.54, 1.807) is 0 Å². The molecule has 4 aromatic rings. The average molecular weight is 440 g/mol. The monoisotopic (exact) mass is 439 g/mol. The quantitative estimate of drug-likeness (QED) is 0.337. The Morgan fingerprint density at radius 1 is 0.848 bits per heavy atom. The summed E-state index contributed by atoms with van der Waals surface area (Å²) in [5, 5.41) is 2.57. The molecule has 1 aliphatic heterocycles. The van der Waals surface area contributed by atoms with Crippen LogP contribution in [0.1, 0.15) is 77.5 Å². The van der Waals surface area contributed by atoms with E-state index in [1.165, 1.54) is 56.9 Å². The van der Waals surface area contributed by atoms with Crippen molar-refractivity contribution in [3.63, 3.8) is 0 Å². The lowest BCUT2D eigenvalue weighted by molar-refractivity contribution is 0.0153. The van der Waals surface area contributed by atoms with Crippen LogP contribution >= 0.6 is 0 Å². The van der Waals surface area contributed by atoms with Gasteiger partial charge >= 0.3 is 0 Å². The Balaban J connectivity index is 1.65. The Morgan fingerprint density at radius 3 is 2.39 bits per heavy atom. The molecule has 0 radical (unpaired) electrons. The summed E-state index contributed by atoms with van der Waals surface area (Å²) in [6.45, 7) is 12.6. The second-order valence-corrected chi connectivity index (χ2v) is 11.7. The predicted octanol–water partition coefficient (Wildman–Crippen LogP) is 8.94. The Morgan fingerprint density at radius 2 is 1.64 bits per heavy atom. The van der Waals surface area contributed by atoms with Crippen molar-refractivity contribution in [3.05, 3.63) is 71.8 Å². The van der Waals surface area contributed by atoms with E-state index in [1.807, 2.05) is 0 Å². The molecule has 3 aromatic carbocycles. The SMILES string of the molecule is CC(C)(C)CC(C)(C)c1ccc(C2CCCCO2)c(-c2ccc3c(c2)[nH]c2ccccc23)c1. The van der Waals surface area contributed by atoms with Crippen LogP contribution in [-0.4, -0.2) is 11.6 Å². The van der Waals surface area contributed by atoms with Gasteiger partial charge in [-0.2, -0.15) is 0 Å². The van der Waals surface area contributed by atoms with Crippen LogP contribution in [0.3, 0.4) is 0 Å². The van der Waals surface area contributed by atoms with Crippen molar-refractivity contribution < 1.29 is 4.74 Å². The second kappa shape index (κ2) is 8.33. The summed E-state index contributed by atoms with van der Waals surface area (Å²) >= 11 is 0. The first-order valence-corrected chi connectivity index (χ1v) is 12.5. The lowest BCUT2D eigenvalue weighted by Gasteiger charge is -2.34. The van der Waals surface area contributed by atoms with Gasteiger partial charge in [0, 0.05) is 28.4 Å². The Kier molecular flexibility index (Phi) is 5.61. The molecule has 0 saturated carbocycles. The topological polar surface area (TPSA) is 25.0 Å². The maximum absolute atomic E-state index is 6.26. The third-order valence-corrected chi connectivity index (χ3v) is 7.15. The standard InChI is InChI=1S/C31H37NO/c1-30(2,3)20-31(4,5)22-14-16-25(29-12-8-9-17-33-29)26(19-22)21-13-15-24-23-10-6-7-11-27(23)32-28(24)18-21/h6-7,10-11,13-16,18-19,29,32H,8-9,12,17,20H2,1-5H3. The minimum absolute atomic E-state index is 0.101. The third kappa shape index (κ3) is 4.46. The molecule has 1 aromatic heterocycles. The first-order chi connectivity index (χ1) is 15.7. The fourth-order valence-electron chi connectivity index (χ4n) is 5.94. The number of hydrogen-bond acceptors (Lipinski definition) is 1. The van der Waals surface area contributed by atoms with Gasteiger partial charge < -0.3 is 9.72 Å². The number of ether oxygens (including phenoxy) is 1. The van der Waals surface area contributed by atoms with Crippen molar-refractivity contribution in [2.75, 3.05) is 6.61 Å². The molecular formula is C31H37NO. The number of hydrogen-bond donors (Lipinski definition) is 1. The maximum atomic E-state index is 6.26. The molecule has 0 bridgehead atoms. The molecule has 2 heterocycles. The number of rotatable bonds is 4. The van der Waals surface area contributed by atoms with Gasteiger partial charge in [-0.3, -0.25) is 0 Å². The number of aromatic nitrogens is 1. The van der Waals surface area contributed by atoms with Gasteiger partial charge in [-0.1, -0.05) is 83.1 Å². The zero-order valence-electron chi connectivity index (χ0n) is 20.8. The van der Waals surface area contributed by atoms with Crippen molar-refractivity contribution in [1.29, 1.82) is 0 Å². The summed E-state index contributed by atoms with van der Waals surface area (Å²) < 4.78 is 6.26. The van der Waals surface area contributed by atoms with Crippen molar-refractivity contribution in [1.82, 2.24) is 4.98 Å². The lowest BCUT2D eigenvalue weighted by atomic mass is 9.71. The van der Waals surface area contributed by atoms with Crippen LogP contribution in [0, 0.1) is 5.41 Å². The summed E-state index contributed by atoms with van der Waals surface area (Å²) in [5.41, 5.74) is 8.10. The molecule has 0 aliphatic carbocycles. The van der Waals surface area contributed by atoms with Crippen LogP contribution in [0.5, 0.6) is 0 Å². The average Bonchev–Trinajstić information content (AvgIpc) is 3.15. The molecule has 1 N–H and O–H groups in total. The van der Waals surface area contributed by atoms with Crippen LogP contribution in [0.2, 0.25) is 0 Å². The number of aromatic amines is 1. The van der Waals surface area contributed by atoms with Gasteiger partial charge in [0.25, 0.3) is 0 Å². The van der Waals surface area contributed by atoms with Gasteiger partial charge in [0.05, 0.1) is 6.10 Å². The number of nitrogens with one attached hydrogen (secondary N) is 1. The predicted molar refractivity (Wildman–Crippen MR) is 141 cm³/mol. The van der Waals surface area contributed by atoms with Crippen LogP contribution in [-0.2, 0) is 10.2 Å². The van der Waals surface area contributed by atoms with Crippen molar-refractivity contribution in [2.45, 2.75) is 71.8 Å². The zero-order chi connectivity index (χ0) is 23.2. The first-order valence-electron chi connectivity index (χ1n) is 12.5. The molecule has 33 heavy (non-hydrogen) atoms. The summed E-state index contributed by atoms with van der Waals surface area (Å²) in [7, 11) is 0. The smallest absolute Gasteiger partial charge is 0.0830 e. The highest BCUT2D eigenvalue weighted by molar-refractivity contribution is 6.08. The molecule has 1 saturated heterocycles. The lowest BCUT2D eigenvalue weighted by Crippen LogP contribution is -2.25. The molecule has 2 nitrogen and oxygen atoms in total. The fraction of sp³-hybridized carbons (Fsp3) is 0.419. The maximum Gasteiger partial charge on any atom is 0.0830 e. The molecule has 1 atom stereocenters. The number of fused-ring (bicyclic) bond motifs is 3. The summed E-state index contributed by atoms with van der Waals surface area (Å²) in [6.07, 6.45) is 4.84. The number of H-pyrrole nitrogens is 1. The van der Waals surface area contributed by atoms with E-state index in [0.29, 0.717) is 0 Å². The highest BCUT2D eigenvalue weighted by Gasteiger charge is 2.29. The molecule has 2 heteroatoms. The second-order valence-electron chi connectivity index (χ2n) is 11.7.